The molecule has 0 N–H and O–H groups in total. The molecule has 9 heteroatoms. The van der Waals surface area contributed by atoms with Crippen molar-refractivity contribution < 1.29 is 13.2 Å². The van der Waals surface area contributed by atoms with E-state index in [-0.39, 0.29) is 30.0 Å². The second-order valence-electron chi connectivity index (χ2n) is 5.57. The van der Waals surface area contributed by atoms with Crippen molar-refractivity contribution in [2.75, 3.05) is 18.6 Å². The van der Waals surface area contributed by atoms with Crippen molar-refractivity contribution in [3.8, 4) is 11.4 Å². The fourth-order valence-corrected chi connectivity index (χ4v) is 4.30. The number of rotatable bonds is 4. The summed E-state index contributed by atoms with van der Waals surface area (Å²) in [4.78, 5) is 15.0. The normalized spacial score (nSPS) is 19.6. The number of amides is 1. The molecule has 2 heterocycles. The molecule has 122 valence electrons. The molecule has 1 aliphatic heterocycles. The number of carbonyl (C=O) groups excluding carboxylic acids is 1. The van der Waals surface area contributed by atoms with Gasteiger partial charge in [0.2, 0.25) is 11.7 Å². The quantitative estimate of drug-likeness (QED) is 0.779. The third-order valence-electron chi connectivity index (χ3n) is 3.91. The minimum absolute atomic E-state index is 0.0231. The predicted octanol–water partition coefficient (Wildman–Crippen LogP) is -0.0144. The van der Waals surface area contributed by atoms with E-state index in [1.165, 1.54) is 9.70 Å². The van der Waals surface area contributed by atoms with Gasteiger partial charge in [-0.2, -0.15) is 4.80 Å². The van der Waals surface area contributed by atoms with Crippen molar-refractivity contribution in [2.24, 2.45) is 0 Å². The molecule has 0 aliphatic carbocycles. The van der Waals surface area contributed by atoms with Gasteiger partial charge in [-0.05, 0) is 11.6 Å². The van der Waals surface area contributed by atoms with E-state index in [9.17, 15) is 13.2 Å². The average Bonchev–Trinajstić information content (AvgIpc) is 3.14. The molecule has 1 saturated heterocycles. The summed E-state index contributed by atoms with van der Waals surface area (Å²) >= 11 is 0. The highest BCUT2D eigenvalue weighted by atomic mass is 32.2. The number of carbonyl (C=O) groups is 1. The molecule has 1 amide bonds. The van der Waals surface area contributed by atoms with E-state index in [1.807, 2.05) is 30.3 Å². The van der Waals surface area contributed by atoms with Crippen molar-refractivity contribution in [1.82, 2.24) is 25.1 Å². The van der Waals surface area contributed by atoms with Gasteiger partial charge in [-0.3, -0.25) is 4.79 Å². The van der Waals surface area contributed by atoms with Crippen molar-refractivity contribution in [3.63, 3.8) is 0 Å². The highest BCUT2D eigenvalue weighted by Gasteiger charge is 2.32. The zero-order valence-electron chi connectivity index (χ0n) is 12.7. The van der Waals surface area contributed by atoms with Crippen LogP contribution in [0.25, 0.3) is 11.4 Å². The zero-order valence-corrected chi connectivity index (χ0v) is 13.5. The number of nitrogens with zero attached hydrogens (tertiary/aromatic N) is 5. The van der Waals surface area contributed by atoms with Gasteiger partial charge in [0, 0.05) is 18.7 Å². The first kappa shape index (κ1) is 15.6. The standard InChI is InChI=1S/C14H17N5O3S/c1-18(12-7-8-23(21,22)10-12)13(20)9-19-16-14(15-17-19)11-5-3-2-4-6-11/h2-6,12H,7-10H2,1H3/t12-/m1/s1. The highest BCUT2D eigenvalue weighted by molar-refractivity contribution is 7.91. The van der Waals surface area contributed by atoms with Crippen LogP contribution in [-0.2, 0) is 21.2 Å². The summed E-state index contributed by atoms with van der Waals surface area (Å²) in [5.74, 6) is 0.373. The first-order chi connectivity index (χ1) is 10.9. The van der Waals surface area contributed by atoms with E-state index in [2.05, 4.69) is 15.4 Å². The van der Waals surface area contributed by atoms with Gasteiger partial charge in [-0.15, -0.1) is 10.2 Å². The molecule has 8 nitrogen and oxygen atoms in total. The van der Waals surface area contributed by atoms with Crippen LogP contribution in [0.5, 0.6) is 0 Å². The number of likely N-dealkylation sites (N-methyl/N-ethyl adjacent to an activating group) is 1. The van der Waals surface area contributed by atoms with Gasteiger partial charge in [0.05, 0.1) is 11.5 Å². The van der Waals surface area contributed by atoms with Crippen molar-refractivity contribution in [1.29, 1.82) is 0 Å². The van der Waals surface area contributed by atoms with Crippen LogP contribution in [0.4, 0.5) is 0 Å². The Morgan fingerprint density at radius 1 is 1.35 bits per heavy atom. The van der Waals surface area contributed by atoms with E-state index in [1.54, 1.807) is 7.05 Å². The number of hydrogen-bond acceptors (Lipinski definition) is 6. The largest absolute Gasteiger partial charge is 0.340 e. The lowest BCUT2D eigenvalue weighted by Gasteiger charge is -2.22. The van der Waals surface area contributed by atoms with Crippen LogP contribution < -0.4 is 0 Å². The number of aromatic nitrogens is 4. The smallest absolute Gasteiger partial charge is 0.246 e. The molecule has 2 aromatic rings. The fourth-order valence-electron chi connectivity index (χ4n) is 2.53. The van der Waals surface area contributed by atoms with E-state index < -0.39 is 9.84 Å². The first-order valence-corrected chi connectivity index (χ1v) is 9.06. The third kappa shape index (κ3) is 3.55. The summed E-state index contributed by atoms with van der Waals surface area (Å²) in [5.41, 5.74) is 0.821. The van der Waals surface area contributed by atoms with E-state index >= 15 is 0 Å². The molecule has 0 saturated carbocycles. The monoisotopic (exact) mass is 335 g/mol. The maximum Gasteiger partial charge on any atom is 0.246 e. The molecule has 1 fully saturated rings. The van der Waals surface area contributed by atoms with Crippen LogP contribution in [0.1, 0.15) is 6.42 Å². The second-order valence-corrected chi connectivity index (χ2v) is 7.80. The van der Waals surface area contributed by atoms with Gasteiger partial charge >= 0.3 is 0 Å². The van der Waals surface area contributed by atoms with E-state index in [0.29, 0.717) is 12.2 Å². The molecular weight excluding hydrogens is 318 g/mol. The molecule has 23 heavy (non-hydrogen) atoms. The molecule has 3 rings (SSSR count). The fraction of sp³-hybridized carbons (Fsp3) is 0.429. The Balaban J connectivity index is 1.66. The Bertz CT molecular complexity index is 803. The van der Waals surface area contributed by atoms with Gasteiger partial charge in [0.25, 0.3) is 0 Å². The molecule has 1 aromatic heterocycles. The Labute approximate surface area is 134 Å². The number of hydrogen-bond donors (Lipinski definition) is 0. The average molecular weight is 335 g/mol. The van der Waals surface area contributed by atoms with Gasteiger partial charge in [-0.1, -0.05) is 30.3 Å². The molecule has 0 spiro atoms. The molecule has 0 unspecified atom stereocenters. The Kier molecular flexibility index (Phi) is 4.12. The predicted molar refractivity (Wildman–Crippen MR) is 83.1 cm³/mol. The number of benzene rings is 1. The van der Waals surface area contributed by atoms with E-state index in [4.69, 9.17) is 0 Å². The lowest BCUT2D eigenvalue weighted by Crippen LogP contribution is -2.40. The first-order valence-electron chi connectivity index (χ1n) is 7.24. The van der Waals surface area contributed by atoms with Crippen LogP contribution in [-0.4, -0.2) is 64.0 Å². The van der Waals surface area contributed by atoms with E-state index in [0.717, 1.165) is 5.56 Å². The third-order valence-corrected chi connectivity index (χ3v) is 5.66. The SMILES string of the molecule is CN(C(=O)Cn1nnc(-c2ccccc2)n1)[C@@H]1CCS(=O)(=O)C1. The molecule has 1 aliphatic rings. The van der Waals surface area contributed by atoms with Gasteiger partial charge < -0.3 is 4.90 Å². The minimum Gasteiger partial charge on any atom is -0.340 e. The van der Waals surface area contributed by atoms with Crippen LogP contribution in [0.15, 0.2) is 30.3 Å². The van der Waals surface area contributed by atoms with Crippen LogP contribution in [0, 0.1) is 0 Å². The Morgan fingerprint density at radius 2 is 2.09 bits per heavy atom. The number of sulfone groups is 1. The van der Waals surface area contributed by atoms with Crippen LogP contribution in [0.3, 0.4) is 0 Å². The highest BCUT2D eigenvalue weighted by Crippen LogP contribution is 2.17. The summed E-state index contributed by atoms with van der Waals surface area (Å²) < 4.78 is 23.0. The van der Waals surface area contributed by atoms with Gasteiger partial charge in [0.1, 0.15) is 6.54 Å². The minimum atomic E-state index is -3.02. The van der Waals surface area contributed by atoms with Gasteiger partial charge in [0.15, 0.2) is 9.84 Å². The zero-order chi connectivity index (χ0) is 16.4. The molecule has 1 atom stereocenters. The summed E-state index contributed by atoms with van der Waals surface area (Å²) in [7, 11) is -1.41. The summed E-state index contributed by atoms with van der Waals surface area (Å²) in [5, 5.41) is 12.0. The van der Waals surface area contributed by atoms with Crippen LogP contribution in [0.2, 0.25) is 0 Å². The number of tetrazole rings is 1. The van der Waals surface area contributed by atoms with Crippen molar-refractivity contribution in [3.05, 3.63) is 30.3 Å². The Hall–Kier alpha value is -2.29. The lowest BCUT2D eigenvalue weighted by molar-refractivity contribution is -0.132. The lowest BCUT2D eigenvalue weighted by atomic mass is 10.2. The van der Waals surface area contributed by atoms with Crippen LogP contribution >= 0.6 is 0 Å². The molecule has 0 bridgehead atoms. The maximum atomic E-state index is 12.3. The Morgan fingerprint density at radius 3 is 2.74 bits per heavy atom. The molecular formula is C14H17N5O3S. The summed E-state index contributed by atoms with van der Waals surface area (Å²) in [6.45, 7) is -0.0626. The second kappa shape index (κ2) is 6.07. The van der Waals surface area contributed by atoms with Gasteiger partial charge in [-0.25, -0.2) is 8.42 Å². The topological polar surface area (TPSA) is 98.1 Å². The molecule has 1 aromatic carbocycles. The van der Waals surface area contributed by atoms with Crippen molar-refractivity contribution >= 4 is 15.7 Å². The molecule has 0 radical (unpaired) electrons. The summed E-state index contributed by atoms with van der Waals surface area (Å²) in [6.07, 6.45) is 0.477. The maximum absolute atomic E-state index is 12.3. The van der Waals surface area contributed by atoms with Crippen molar-refractivity contribution in [2.45, 2.75) is 19.0 Å². The summed E-state index contributed by atoms with van der Waals surface area (Å²) in [6, 6.07) is 9.08.